The first-order valence-electron chi connectivity index (χ1n) is 11.2. The summed E-state index contributed by atoms with van der Waals surface area (Å²) < 4.78 is 18.0. The Hall–Kier alpha value is -3.74. The van der Waals surface area contributed by atoms with Gasteiger partial charge in [0.2, 0.25) is 0 Å². The SMILES string of the molecule is CN[C@H]1CCN(C(=O)c2nc(-c3ccc(C#N)c(F)c3)n(-c3ccc4nn(C)c(Cl)c4c3)c2C)C1. The van der Waals surface area contributed by atoms with Crippen LogP contribution in [0, 0.1) is 24.1 Å². The van der Waals surface area contributed by atoms with Gasteiger partial charge in [-0.1, -0.05) is 11.6 Å². The van der Waals surface area contributed by atoms with Crippen molar-refractivity contribution in [1.82, 2.24) is 29.5 Å². The standard InChI is InChI=1S/C25H23ClFN7O/c1-14-22(25(35)33-9-8-17(13-33)29-2)30-24(15-4-5-16(12-28)20(27)10-15)34(14)18-6-7-21-19(11-18)23(26)32(3)31-21/h4-7,10-11,17,29H,8-9,13H2,1-3H3/t17-/m0/s1. The summed E-state index contributed by atoms with van der Waals surface area (Å²) in [6.07, 6.45) is 0.867. The number of rotatable bonds is 4. The largest absolute Gasteiger partial charge is 0.336 e. The maximum atomic E-state index is 14.6. The van der Waals surface area contributed by atoms with Gasteiger partial charge in [0.25, 0.3) is 5.91 Å². The number of likely N-dealkylation sites (tertiary alicyclic amines) is 1. The van der Waals surface area contributed by atoms with E-state index in [1.165, 1.54) is 12.1 Å². The Bertz CT molecular complexity index is 1520. The topological polar surface area (TPSA) is 91.8 Å². The molecule has 1 N–H and O–H groups in total. The Morgan fingerprint density at radius 3 is 2.77 bits per heavy atom. The number of likely N-dealkylation sites (N-methyl/N-ethyl adjacent to an activating group) is 1. The second-order valence-corrected chi connectivity index (χ2v) is 9.01. The molecule has 5 rings (SSSR count). The molecule has 1 amide bonds. The van der Waals surface area contributed by atoms with Gasteiger partial charge in [0.05, 0.1) is 16.8 Å². The Morgan fingerprint density at radius 1 is 1.29 bits per heavy atom. The minimum atomic E-state index is -0.646. The van der Waals surface area contributed by atoms with Crippen molar-refractivity contribution in [3.63, 3.8) is 0 Å². The van der Waals surface area contributed by atoms with Crippen molar-refractivity contribution < 1.29 is 9.18 Å². The summed E-state index contributed by atoms with van der Waals surface area (Å²) in [5.41, 5.74) is 2.78. The third-order valence-electron chi connectivity index (χ3n) is 6.54. The van der Waals surface area contributed by atoms with Crippen LogP contribution in [-0.2, 0) is 7.05 Å². The summed E-state index contributed by atoms with van der Waals surface area (Å²) in [6.45, 7) is 3.05. The molecule has 0 aliphatic carbocycles. The van der Waals surface area contributed by atoms with Crippen LogP contribution in [0.3, 0.4) is 0 Å². The summed E-state index contributed by atoms with van der Waals surface area (Å²) in [7, 11) is 3.65. The second-order valence-electron chi connectivity index (χ2n) is 8.65. The van der Waals surface area contributed by atoms with Crippen LogP contribution in [0.2, 0.25) is 5.15 Å². The fourth-order valence-electron chi connectivity index (χ4n) is 4.58. The van der Waals surface area contributed by atoms with Crippen molar-refractivity contribution >= 4 is 28.4 Å². The van der Waals surface area contributed by atoms with Crippen LogP contribution < -0.4 is 5.32 Å². The molecular weight excluding hydrogens is 469 g/mol. The molecule has 1 fully saturated rings. The number of aromatic nitrogens is 4. The van der Waals surface area contributed by atoms with Crippen LogP contribution >= 0.6 is 11.6 Å². The molecule has 3 heterocycles. The number of nitriles is 1. The van der Waals surface area contributed by atoms with Gasteiger partial charge in [0.15, 0.2) is 0 Å². The van der Waals surface area contributed by atoms with Gasteiger partial charge in [-0.3, -0.25) is 14.0 Å². The molecule has 10 heteroatoms. The number of benzene rings is 2. The van der Waals surface area contributed by atoms with Gasteiger partial charge in [-0.2, -0.15) is 10.4 Å². The van der Waals surface area contributed by atoms with Crippen molar-refractivity contribution in [3.8, 4) is 23.1 Å². The van der Waals surface area contributed by atoms with E-state index in [0.29, 0.717) is 46.7 Å². The Balaban J connectivity index is 1.69. The third-order valence-corrected chi connectivity index (χ3v) is 6.99. The number of nitrogens with one attached hydrogen (secondary N) is 1. The summed E-state index contributed by atoms with van der Waals surface area (Å²) in [5, 5.41) is 18.0. The molecule has 1 aliphatic heterocycles. The molecule has 1 saturated heterocycles. The monoisotopic (exact) mass is 491 g/mol. The number of fused-ring (bicyclic) bond motifs is 1. The molecule has 0 spiro atoms. The number of imidazole rings is 1. The number of amides is 1. The lowest BCUT2D eigenvalue weighted by Gasteiger charge is -2.16. The first-order valence-corrected chi connectivity index (χ1v) is 11.6. The molecule has 4 aromatic rings. The van der Waals surface area contributed by atoms with Crippen LogP contribution in [0.5, 0.6) is 0 Å². The van der Waals surface area contributed by atoms with Gasteiger partial charge in [0.1, 0.15) is 28.6 Å². The molecule has 0 saturated carbocycles. The molecule has 0 bridgehead atoms. The summed E-state index contributed by atoms with van der Waals surface area (Å²) in [4.78, 5) is 20.0. The van der Waals surface area contributed by atoms with Crippen LogP contribution in [0.25, 0.3) is 28.0 Å². The fourth-order valence-corrected chi connectivity index (χ4v) is 4.77. The maximum absolute atomic E-state index is 14.6. The summed E-state index contributed by atoms with van der Waals surface area (Å²) >= 11 is 6.45. The third kappa shape index (κ3) is 3.85. The molecule has 1 aliphatic rings. The molecule has 35 heavy (non-hydrogen) atoms. The highest BCUT2D eigenvalue weighted by Crippen LogP contribution is 2.32. The summed E-state index contributed by atoms with van der Waals surface area (Å²) in [5.74, 6) is -0.417. The van der Waals surface area contributed by atoms with Gasteiger partial charge in [0, 0.05) is 42.8 Å². The quantitative estimate of drug-likeness (QED) is 0.468. The van der Waals surface area contributed by atoms with E-state index in [1.54, 1.807) is 22.7 Å². The van der Waals surface area contributed by atoms with Gasteiger partial charge in [-0.05, 0) is 56.8 Å². The van der Waals surface area contributed by atoms with E-state index in [1.807, 2.05) is 42.8 Å². The van der Waals surface area contributed by atoms with Crippen LogP contribution in [0.4, 0.5) is 4.39 Å². The number of nitrogens with zero attached hydrogens (tertiary/aromatic N) is 6. The van der Waals surface area contributed by atoms with Gasteiger partial charge >= 0.3 is 0 Å². The normalized spacial score (nSPS) is 15.7. The molecular formula is C25H23ClFN7O. The van der Waals surface area contributed by atoms with Gasteiger partial charge < -0.3 is 10.2 Å². The van der Waals surface area contributed by atoms with E-state index in [4.69, 9.17) is 21.8 Å². The minimum absolute atomic E-state index is 0.0568. The maximum Gasteiger partial charge on any atom is 0.274 e. The van der Waals surface area contributed by atoms with Crippen molar-refractivity contribution in [1.29, 1.82) is 5.26 Å². The lowest BCUT2D eigenvalue weighted by Crippen LogP contribution is -2.34. The van der Waals surface area contributed by atoms with Crippen LogP contribution in [0.15, 0.2) is 36.4 Å². The predicted octanol–water partition coefficient (Wildman–Crippen LogP) is 3.83. The zero-order valence-corrected chi connectivity index (χ0v) is 20.3. The summed E-state index contributed by atoms with van der Waals surface area (Å²) in [6, 6.07) is 12.0. The lowest BCUT2D eigenvalue weighted by atomic mass is 10.1. The van der Waals surface area contributed by atoms with E-state index in [0.717, 1.165) is 17.3 Å². The van der Waals surface area contributed by atoms with Crippen LogP contribution in [0.1, 0.15) is 28.2 Å². The van der Waals surface area contributed by atoms with E-state index >= 15 is 0 Å². The van der Waals surface area contributed by atoms with Crippen LogP contribution in [-0.4, -0.2) is 56.3 Å². The van der Waals surface area contributed by atoms with E-state index < -0.39 is 5.82 Å². The number of carbonyl (C=O) groups excluding carboxylic acids is 1. The minimum Gasteiger partial charge on any atom is -0.336 e. The molecule has 178 valence electrons. The first-order chi connectivity index (χ1) is 16.8. The number of hydrogen-bond acceptors (Lipinski definition) is 5. The fraction of sp³-hybridized carbons (Fsp3) is 0.280. The van der Waals surface area contributed by atoms with Crippen molar-refractivity contribution in [2.75, 3.05) is 20.1 Å². The highest BCUT2D eigenvalue weighted by molar-refractivity contribution is 6.34. The molecule has 2 aromatic carbocycles. The van der Waals surface area contributed by atoms with Gasteiger partial charge in [-0.25, -0.2) is 9.37 Å². The molecule has 8 nitrogen and oxygen atoms in total. The van der Waals surface area contributed by atoms with E-state index in [-0.39, 0.29) is 17.5 Å². The second kappa shape index (κ2) is 8.80. The Kier molecular flexibility index (Phi) is 5.79. The van der Waals surface area contributed by atoms with E-state index in [2.05, 4.69) is 10.4 Å². The molecule has 2 aromatic heterocycles. The Labute approximate surface area is 206 Å². The van der Waals surface area contributed by atoms with Crippen molar-refractivity contribution in [2.24, 2.45) is 7.05 Å². The smallest absolute Gasteiger partial charge is 0.274 e. The highest BCUT2D eigenvalue weighted by Gasteiger charge is 2.30. The Morgan fingerprint density at radius 2 is 2.09 bits per heavy atom. The van der Waals surface area contributed by atoms with Crippen molar-refractivity contribution in [3.05, 3.63) is 64.3 Å². The molecule has 1 atom stereocenters. The average Bonchev–Trinajstić information content (AvgIpc) is 3.55. The highest BCUT2D eigenvalue weighted by atomic mass is 35.5. The zero-order valence-electron chi connectivity index (χ0n) is 19.5. The zero-order chi connectivity index (χ0) is 24.9. The number of halogens is 2. The van der Waals surface area contributed by atoms with Gasteiger partial charge in [-0.15, -0.1) is 0 Å². The number of aryl methyl sites for hydroxylation is 1. The number of carbonyl (C=O) groups is 1. The molecule has 0 radical (unpaired) electrons. The lowest BCUT2D eigenvalue weighted by molar-refractivity contribution is 0.0783. The van der Waals surface area contributed by atoms with Crippen molar-refractivity contribution in [2.45, 2.75) is 19.4 Å². The van der Waals surface area contributed by atoms with E-state index in [9.17, 15) is 9.18 Å². The molecule has 0 unspecified atom stereocenters. The first kappa shape index (κ1) is 23.0. The average molecular weight is 492 g/mol. The predicted molar refractivity (Wildman–Crippen MR) is 131 cm³/mol. The number of hydrogen-bond donors (Lipinski definition) is 1.